The molecular formula is C21H23N3OS. The third-order valence-electron chi connectivity index (χ3n) is 4.45. The summed E-state index contributed by atoms with van der Waals surface area (Å²) in [6.45, 7) is 4.71. The van der Waals surface area contributed by atoms with Crippen LogP contribution in [0.3, 0.4) is 0 Å². The van der Waals surface area contributed by atoms with Gasteiger partial charge in [-0.05, 0) is 25.0 Å². The average molecular weight is 366 g/mol. The first-order chi connectivity index (χ1) is 12.7. The van der Waals surface area contributed by atoms with Crippen molar-refractivity contribution < 1.29 is 4.79 Å². The molecule has 0 radical (unpaired) electrons. The highest BCUT2D eigenvalue weighted by molar-refractivity contribution is 8.00. The van der Waals surface area contributed by atoms with Gasteiger partial charge in [-0.15, -0.1) is 0 Å². The Balaban J connectivity index is 1.62. The van der Waals surface area contributed by atoms with E-state index in [0.717, 1.165) is 22.3 Å². The van der Waals surface area contributed by atoms with E-state index in [1.807, 2.05) is 49.4 Å². The Morgan fingerprint density at radius 1 is 1.08 bits per heavy atom. The molecule has 1 aromatic heterocycles. The zero-order valence-electron chi connectivity index (χ0n) is 15.1. The van der Waals surface area contributed by atoms with Crippen LogP contribution in [0.25, 0.3) is 10.9 Å². The fourth-order valence-electron chi connectivity index (χ4n) is 2.89. The van der Waals surface area contributed by atoms with Gasteiger partial charge >= 0.3 is 0 Å². The first-order valence-electron chi connectivity index (χ1n) is 8.88. The van der Waals surface area contributed by atoms with Gasteiger partial charge in [-0.25, -0.2) is 9.97 Å². The number of para-hydroxylation sites is 1. The Morgan fingerprint density at radius 2 is 1.81 bits per heavy atom. The third-order valence-corrected chi connectivity index (χ3v) is 5.57. The number of fused-ring (bicyclic) bond motifs is 1. The van der Waals surface area contributed by atoms with Gasteiger partial charge in [0, 0.05) is 17.8 Å². The number of hydrogen-bond donors (Lipinski definition) is 1. The van der Waals surface area contributed by atoms with E-state index in [9.17, 15) is 4.79 Å². The predicted octanol–water partition coefficient (Wildman–Crippen LogP) is 4.42. The molecule has 1 N–H and O–H groups in total. The van der Waals surface area contributed by atoms with E-state index in [1.165, 1.54) is 17.3 Å². The number of aromatic nitrogens is 2. The lowest BCUT2D eigenvalue weighted by Gasteiger charge is -2.18. The SMILES string of the molecule is CC[C@H](CNC(=O)[C@@H](C)Sc1ncnc2ccccc12)c1ccccc1. The minimum atomic E-state index is -0.221. The molecule has 0 fully saturated rings. The van der Waals surface area contributed by atoms with E-state index < -0.39 is 0 Å². The molecule has 26 heavy (non-hydrogen) atoms. The summed E-state index contributed by atoms with van der Waals surface area (Å²) in [7, 11) is 0. The number of carbonyl (C=O) groups is 1. The molecule has 0 aliphatic rings. The highest BCUT2D eigenvalue weighted by Gasteiger charge is 2.18. The van der Waals surface area contributed by atoms with E-state index in [1.54, 1.807) is 6.33 Å². The normalized spacial score (nSPS) is 13.3. The largest absolute Gasteiger partial charge is 0.355 e. The number of hydrogen-bond acceptors (Lipinski definition) is 4. The molecule has 2 aromatic carbocycles. The van der Waals surface area contributed by atoms with Gasteiger partial charge in [-0.2, -0.15) is 0 Å². The molecule has 134 valence electrons. The molecule has 3 rings (SSSR count). The molecule has 0 aliphatic heterocycles. The Morgan fingerprint density at radius 3 is 2.58 bits per heavy atom. The Hall–Kier alpha value is -2.40. The van der Waals surface area contributed by atoms with E-state index in [2.05, 4.69) is 34.3 Å². The number of thioether (sulfide) groups is 1. The monoisotopic (exact) mass is 365 g/mol. The van der Waals surface area contributed by atoms with Crippen LogP contribution in [0.2, 0.25) is 0 Å². The van der Waals surface area contributed by atoms with E-state index >= 15 is 0 Å². The predicted molar refractivity (Wildman–Crippen MR) is 107 cm³/mol. The second kappa shape index (κ2) is 8.81. The lowest BCUT2D eigenvalue weighted by Crippen LogP contribution is -2.34. The maximum atomic E-state index is 12.6. The van der Waals surface area contributed by atoms with Crippen LogP contribution in [-0.2, 0) is 4.79 Å². The van der Waals surface area contributed by atoms with Gasteiger partial charge in [-0.1, -0.05) is 67.2 Å². The minimum Gasteiger partial charge on any atom is -0.355 e. The molecule has 5 heteroatoms. The van der Waals surface area contributed by atoms with Crippen LogP contribution >= 0.6 is 11.8 Å². The van der Waals surface area contributed by atoms with E-state index in [0.29, 0.717) is 12.5 Å². The first kappa shape index (κ1) is 18.4. The van der Waals surface area contributed by atoms with Gasteiger partial charge in [0.2, 0.25) is 5.91 Å². The summed E-state index contributed by atoms with van der Waals surface area (Å²) >= 11 is 1.47. The maximum Gasteiger partial charge on any atom is 0.233 e. The van der Waals surface area contributed by atoms with E-state index in [-0.39, 0.29) is 11.2 Å². The van der Waals surface area contributed by atoms with Crippen molar-refractivity contribution in [1.82, 2.24) is 15.3 Å². The molecular weight excluding hydrogens is 342 g/mol. The quantitative estimate of drug-likeness (QED) is 0.497. The van der Waals surface area contributed by atoms with Crippen molar-refractivity contribution in [3.05, 3.63) is 66.5 Å². The van der Waals surface area contributed by atoms with Gasteiger partial charge in [0.05, 0.1) is 10.8 Å². The van der Waals surface area contributed by atoms with Crippen molar-refractivity contribution in [1.29, 1.82) is 0 Å². The molecule has 1 heterocycles. The molecule has 3 aromatic rings. The Bertz CT molecular complexity index is 864. The number of carbonyl (C=O) groups excluding carboxylic acids is 1. The molecule has 0 saturated heterocycles. The van der Waals surface area contributed by atoms with Crippen molar-refractivity contribution in [2.45, 2.75) is 36.5 Å². The highest BCUT2D eigenvalue weighted by Crippen LogP contribution is 2.28. The van der Waals surface area contributed by atoms with Crippen LogP contribution in [0.5, 0.6) is 0 Å². The van der Waals surface area contributed by atoms with Crippen molar-refractivity contribution in [3.63, 3.8) is 0 Å². The van der Waals surface area contributed by atoms with Crippen LogP contribution < -0.4 is 5.32 Å². The van der Waals surface area contributed by atoms with Crippen LogP contribution in [0.15, 0.2) is 66.0 Å². The molecule has 1 amide bonds. The van der Waals surface area contributed by atoms with Crippen molar-refractivity contribution in [2.24, 2.45) is 0 Å². The van der Waals surface area contributed by atoms with Gasteiger partial charge < -0.3 is 5.32 Å². The van der Waals surface area contributed by atoms with Crippen molar-refractivity contribution in [2.75, 3.05) is 6.54 Å². The van der Waals surface area contributed by atoms with Gasteiger partial charge in [0.25, 0.3) is 0 Å². The molecule has 0 unspecified atom stereocenters. The minimum absolute atomic E-state index is 0.0343. The summed E-state index contributed by atoms with van der Waals surface area (Å²) in [6, 6.07) is 18.2. The first-order valence-corrected chi connectivity index (χ1v) is 9.76. The zero-order chi connectivity index (χ0) is 18.4. The second-order valence-corrected chi connectivity index (χ2v) is 7.55. The maximum absolute atomic E-state index is 12.6. The number of amides is 1. The highest BCUT2D eigenvalue weighted by atomic mass is 32.2. The lowest BCUT2D eigenvalue weighted by molar-refractivity contribution is -0.120. The Kier molecular flexibility index (Phi) is 6.23. The van der Waals surface area contributed by atoms with Crippen LogP contribution in [0, 0.1) is 0 Å². The number of rotatable bonds is 7. The molecule has 0 aliphatic carbocycles. The second-order valence-electron chi connectivity index (χ2n) is 6.22. The van der Waals surface area contributed by atoms with E-state index in [4.69, 9.17) is 0 Å². The molecule has 0 bridgehead atoms. The number of nitrogens with one attached hydrogen (secondary N) is 1. The van der Waals surface area contributed by atoms with Crippen LogP contribution in [-0.4, -0.2) is 27.7 Å². The van der Waals surface area contributed by atoms with Crippen LogP contribution in [0.4, 0.5) is 0 Å². The molecule has 2 atom stereocenters. The summed E-state index contributed by atoms with van der Waals surface area (Å²) in [5.41, 5.74) is 2.16. The zero-order valence-corrected chi connectivity index (χ0v) is 15.9. The lowest BCUT2D eigenvalue weighted by atomic mass is 9.96. The number of benzene rings is 2. The summed E-state index contributed by atoms with van der Waals surface area (Å²) < 4.78 is 0. The molecule has 0 spiro atoms. The fourth-order valence-corrected chi connectivity index (χ4v) is 3.82. The third kappa shape index (κ3) is 4.41. The van der Waals surface area contributed by atoms with Gasteiger partial charge in [0.15, 0.2) is 0 Å². The van der Waals surface area contributed by atoms with Crippen LogP contribution in [0.1, 0.15) is 31.7 Å². The summed E-state index contributed by atoms with van der Waals surface area (Å²) in [5, 5.41) is 4.70. The van der Waals surface area contributed by atoms with Gasteiger partial charge in [0.1, 0.15) is 11.4 Å². The smallest absolute Gasteiger partial charge is 0.233 e. The standard InChI is InChI=1S/C21H23N3OS/c1-3-16(17-9-5-4-6-10-17)13-22-20(25)15(2)26-21-18-11-7-8-12-19(18)23-14-24-21/h4-12,14-16H,3,13H2,1-2H3,(H,22,25)/t15-,16-/m1/s1. The van der Waals surface area contributed by atoms with Crippen molar-refractivity contribution in [3.8, 4) is 0 Å². The summed E-state index contributed by atoms with van der Waals surface area (Å²) in [5.74, 6) is 0.365. The Labute approximate surface area is 158 Å². The van der Waals surface area contributed by atoms with Gasteiger partial charge in [-0.3, -0.25) is 4.79 Å². The summed E-state index contributed by atoms with van der Waals surface area (Å²) in [6.07, 6.45) is 2.54. The summed E-state index contributed by atoms with van der Waals surface area (Å²) in [4.78, 5) is 21.2. The average Bonchev–Trinajstić information content (AvgIpc) is 2.69. The molecule has 0 saturated carbocycles. The fraction of sp³-hybridized carbons (Fsp3) is 0.286. The topological polar surface area (TPSA) is 54.9 Å². The molecule has 4 nitrogen and oxygen atoms in total. The number of nitrogens with zero attached hydrogens (tertiary/aromatic N) is 2. The van der Waals surface area contributed by atoms with Crippen molar-refractivity contribution >= 4 is 28.6 Å².